The summed E-state index contributed by atoms with van der Waals surface area (Å²) >= 11 is 0. The summed E-state index contributed by atoms with van der Waals surface area (Å²) in [6, 6.07) is 2.48. The highest BCUT2D eigenvalue weighted by atomic mass is 16.5. The van der Waals surface area contributed by atoms with Crippen LogP contribution in [0.1, 0.15) is 39.0 Å². The van der Waals surface area contributed by atoms with E-state index in [4.69, 9.17) is 4.74 Å². The molecule has 2 aliphatic rings. The number of carbonyl (C=O) groups excluding carboxylic acids is 1. The van der Waals surface area contributed by atoms with Gasteiger partial charge in [-0.05, 0) is 38.0 Å². The third-order valence-electron chi connectivity index (χ3n) is 4.03. The molecule has 4 nitrogen and oxygen atoms in total. The van der Waals surface area contributed by atoms with Gasteiger partial charge in [0.1, 0.15) is 5.41 Å². The molecule has 1 aliphatic carbocycles. The quantitative estimate of drug-likeness (QED) is 0.792. The molecule has 17 heavy (non-hydrogen) atoms. The fraction of sp³-hybridized carbons (Fsp3) is 0.846. The van der Waals surface area contributed by atoms with E-state index < -0.39 is 5.41 Å². The van der Waals surface area contributed by atoms with Gasteiger partial charge in [-0.2, -0.15) is 5.26 Å². The fourth-order valence-electron chi connectivity index (χ4n) is 2.77. The summed E-state index contributed by atoms with van der Waals surface area (Å²) in [5.41, 5.74) is -0.843. The maximum absolute atomic E-state index is 12.2. The molecule has 1 saturated heterocycles. The lowest BCUT2D eigenvalue weighted by atomic mass is 9.80. The van der Waals surface area contributed by atoms with Gasteiger partial charge in [-0.1, -0.05) is 6.92 Å². The molecule has 1 aliphatic heterocycles. The van der Waals surface area contributed by atoms with E-state index in [1.54, 1.807) is 0 Å². The number of nitrogens with zero attached hydrogens (tertiary/aromatic N) is 1. The average molecular weight is 236 g/mol. The molecule has 0 radical (unpaired) electrons. The summed E-state index contributed by atoms with van der Waals surface area (Å²) in [7, 11) is 0. The normalized spacial score (nSPS) is 31.8. The number of nitrogens with one attached hydrogen (secondary N) is 1. The first-order chi connectivity index (χ1) is 8.16. The fourth-order valence-corrected chi connectivity index (χ4v) is 2.77. The minimum absolute atomic E-state index is 0.0811. The van der Waals surface area contributed by atoms with Gasteiger partial charge in [-0.15, -0.1) is 0 Å². The SMILES string of the molecule is CC1CCC(NC(=O)C2(C#N)CCOCC2)C1. The maximum Gasteiger partial charge on any atom is 0.240 e. The van der Waals surface area contributed by atoms with Crippen molar-refractivity contribution in [2.45, 2.75) is 45.1 Å². The van der Waals surface area contributed by atoms with E-state index in [1.165, 1.54) is 6.42 Å². The lowest BCUT2D eigenvalue weighted by molar-refractivity contribution is -0.133. The summed E-state index contributed by atoms with van der Waals surface area (Å²) in [6.45, 7) is 3.24. The van der Waals surface area contributed by atoms with Crippen molar-refractivity contribution in [2.24, 2.45) is 11.3 Å². The Morgan fingerprint density at radius 1 is 1.41 bits per heavy atom. The highest BCUT2D eigenvalue weighted by Crippen LogP contribution is 2.31. The Labute approximate surface area is 102 Å². The molecule has 0 aromatic heterocycles. The molecule has 94 valence electrons. The van der Waals surface area contributed by atoms with Crippen molar-refractivity contribution in [3.8, 4) is 6.07 Å². The molecular weight excluding hydrogens is 216 g/mol. The van der Waals surface area contributed by atoms with Gasteiger partial charge in [0, 0.05) is 19.3 Å². The summed E-state index contributed by atoms with van der Waals surface area (Å²) in [6.07, 6.45) is 4.32. The van der Waals surface area contributed by atoms with Gasteiger partial charge in [0.25, 0.3) is 0 Å². The van der Waals surface area contributed by atoms with Crippen LogP contribution in [0.15, 0.2) is 0 Å². The Morgan fingerprint density at radius 2 is 2.12 bits per heavy atom. The second kappa shape index (κ2) is 5.05. The Hall–Kier alpha value is -1.08. The molecule has 1 amide bonds. The Morgan fingerprint density at radius 3 is 2.65 bits per heavy atom. The molecule has 2 fully saturated rings. The zero-order valence-electron chi connectivity index (χ0n) is 10.4. The highest BCUT2D eigenvalue weighted by Gasteiger charge is 2.41. The van der Waals surface area contributed by atoms with Crippen molar-refractivity contribution >= 4 is 5.91 Å². The molecule has 0 spiro atoms. The first-order valence-corrected chi connectivity index (χ1v) is 6.46. The van der Waals surface area contributed by atoms with Crippen molar-refractivity contribution in [2.75, 3.05) is 13.2 Å². The van der Waals surface area contributed by atoms with Crippen molar-refractivity contribution in [1.82, 2.24) is 5.32 Å². The highest BCUT2D eigenvalue weighted by molar-refractivity contribution is 5.85. The van der Waals surface area contributed by atoms with Crippen LogP contribution in [0.3, 0.4) is 0 Å². The molecule has 0 bridgehead atoms. The monoisotopic (exact) mass is 236 g/mol. The van der Waals surface area contributed by atoms with E-state index in [-0.39, 0.29) is 11.9 Å². The average Bonchev–Trinajstić information content (AvgIpc) is 2.75. The van der Waals surface area contributed by atoms with Crippen molar-refractivity contribution in [1.29, 1.82) is 5.26 Å². The van der Waals surface area contributed by atoms with E-state index in [9.17, 15) is 10.1 Å². The number of ether oxygens (including phenoxy) is 1. The van der Waals surface area contributed by atoms with Crippen LogP contribution in [0.5, 0.6) is 0 Å². The zero-order valence-corrected chi connectivity index (χ0v) is 10.4. The van der Waals surface area contributed by atoms with E-state index >= 15 is 0 Å². The van der Waals surface area contributed by atoms with Crippen LogP contribution in [0.4, 0.5) is 0 Å². The predicted octanol–water partition coefficient (Wildman–Crippen LogP) is 1.61. The second-order valence-electron chi connectivity index (χ2n) is 5.39. The van der Waals surface area contributed by atoms with Crippen LogP contribution < -0.4 is 5.32 Å². The van der Waals surface area contributed by atoms with Gasteiger partial charge in [-0.3, -0.25) is 4.79 Å². The molecule has 1 heterocycles. The van der Waals surface area contributed by atoms with Crippen molar-refractivity contribution in [3.63, 3.8) is 0 Å². The van der Waals surface area contributed by atoms with Gasteiger partial charge < -0.3 is 10.1 Å². The maximum atomic E-state index is 12.2. The van der Waals surface area contributed by atoms with Crippen LogP contribution >= 0.6 is 0 Å². The van der Waals surface area contributed by atoms with Crippen molar-refractivity contribution < 1.29 is 9.53 Å². The number of nitriles is 1. The van der Waals surface area contributed by atoms with Gasteiger partial charge in [0.2, 0.25) is 5.91 Å². The van der Waals surface area contributed by atoms with Crippen LogP contribution in [0, 0.1) is 22.7 Å². The first kappa shape index (κ1) is 12.4. The first-order valence-electron chi connectivity index (χ1n) is 6.46. The molecule has 0 aromatic carbocycles. The summed E-state index contributed by atoms with van der Waals surface area (Å²) in [5, 5.41) is 12.3. The molecule has 2 unspecified atom stereocenters. The Balaban J connectivity index is 1.96. The van der Waals surface area contributed by atoms with E-state index in [2.05, 4.69) is 18.3 Å². The predicted molar refractivity (Wildman–Crippen MR) is 63.0 cm³/mol. The number of hydrogen-bond donors (Lipinski definition) is 1. The zero-order chi connectivity index (χ0) is 12.3. The number of hydrogen-bond acceptors (Lipinski definition) is 3. The third kappa shape index (κ3) is 2.61. The van der Waals surface area contributed by atoms with E-state index in [0.717, 1.165) is 12.8 Å². The third-order valence-corrected chi connectivity index (χ3v) is 4.03. The number of amides is 1. The van der Waals surface area contributed by atoms with E-state index in [0.29, 0.717) is 32.0 Å². The summed E-state index contributed by atoms with van der Waals surface area (Å²) in [5.74, 6) is 0.607. The van der Waals surface area contributed by atoms with Crippen LogP contribution in [-0.2, 0) is 9.53 Å². The van der Waals surface area contributed by atoms with Crippen LogP contribution in [0.25, 0.3) is 0 Å². The number of carbonyl (C=O) groups is 1. The molecule has 0 aromatic rings. The lowest BCUT2D eigenvalue weighted by Gasteiger charge is -2.30. The lowest BCUT2D eigenvalue weighted by Crippen LogP contribution is -2.46. The Bertz CT molecular complexity index is 329. The second-order valence-corrected chi connectivity index (χ2v) is 5.39. The summed E-state index contributed by atoms with van der Waals surface area (Å²) < 4.78 is 5.23. The van der Waals surface area contributed by atoms with Crippen LogP contribution in [-0.4, -0.2) is 25.2 Å². The topological polar surface area (TPSA) is 62.1 Å². The molecule has 1 N–H and O–H groups in total. The largest absolute Gasteiger partial charge is 0.381 e. The molecule has 1 saturated carbocycles. The number of rotatable bonds is 2. The van der Waals surface area contributed by atoms with Gasteiger partial charge >= 0.3 is 0 Å². The van der Waals surface area contributed by atoms with E-state index in [1.807, 2.05) is 0 Å². The molecule has 2 atom stereocenters. The summed E-state index contributed by atoms with van der Waals surface area (Å²) in [4.78, 5) is 12.2. The standard InChI is InChI=1S/C13H20N2O2/c1-10-2-3-11(8-10)15-12(16)13(9-14)4-6-17-7-5-13/h10-11H,2-8H2,1H3,(H,15,16). The van der Waals surface area contributed by atoms with Gasteiger partial charge in [0.15, 0.2) is 0 Å². The Kier molecular flexibility index (Phi) is 3.68. The van der Waals surface area contributed by atoms with Crippen molar-refractivity contribution in [3.05, 3.63) is 0 Å². The van der Waals surface area contributed by atoms with Gasteiger partial charge in [-0.25, -0.2) is 0 Å². The minimum Gasteiger partial charge on any atom is -0.381 e. The smallest absolute Gasteiger partial charge is 0.240 e. The van der Waals surface area contributed by atoms with Gasteiger partial charge in [0.05, 0.1) is 6.07 Å². The minimum atomic E-state index is -0.843. The molecule has 2 rings (SSSR count). The molecule has 4 heteroatoms. The molecular formula is C13H20N2O2. The van der Waals surface area contributed by atoms with Crippen LogP contribution in [0.2, 0.25) is 0 Å².